The van der Waals surface area contributed by atoms with Gasteiger partial charge in [-0.3, -0.25) is 4.90 Å². The van der Waals surface area contributed by atoms with E-state index in [0.29, 0.717) is 5.82 Å². The van der Waals surface area contributed by atoms with Crippen LogP contribution in [0.3, 0.4) is 0 Å². The first-order chi connectivity index (χ1) is 14.3. The summed E-state index contributed by atoms with van der Waals surface area (Å²) in [5.74, 6) is 2.43. The Bertz CT molecular complexity index is 1120. The summed E-state index contributed by atoms with van der Waals surface area (Å²) >= 11 is 0. The molecule has 5 nitrogen and oxygen atoms in total. The zero-order chi connectivity index (χ0) is 19.6. The minimum Gasteiger partial charge on any atom is -0.488 e. The predicted molar refractivity (Wildman–Crippen MR) is 115 cm³/mol. The van der Waals surface area contributed by atoms with E-state index in [4.69, 9.17) is 14.9 Å². The molecule has 1 aliphatic rings. The number of anilines is 1. The molecular weight excluding hydrogens is 362 g/mol. The molecule has 1 unspecified atom stereocenters. The molecule has 0 radical (unpaired) electrons. The Kier molecular flexibility index (Phi) is 4.66. The zero-order valence-electron chi connectivity index (χ0n) is 16.1. The summed E-state index contributed by atoms with van der Waals surface area (Å²) in [6, 6.07) is 22.1. The molecule has 4 aromatic rings. The maximum absolute atomic E-state index is 6.44. The smallest absolute Gasteiger partial charge is 0.127 e. The topological polar surface area (TPSA) is 64.5 Å². The molecule has 0 amide bonds. The maximum Gasteiger partial charge on any atom is 0.127 e. The van der Waals surface area contributed by atoms with Crippen LogP contribution in [0.2, 0.25) is 0 Å². The van der Waals surface area contributed by atoms with E-state index in [9.17, 15) is 0 Å². The first-order valence-electron chi connectivity index (χ1n) is 9.92. The van der Waals surface area contributed by atoms with Crippen molar-refractivity contribution >= 4 is 16.6 Å². The number of hydrogen-bond acceptors (Lipinski definition) is 5. The van der Waals surface area contributed by atoms with Crippen molar-refractivity contribution in [2.45, 2.75) is 19.1 Å². The Morgan fingerprint density at radius 3 is 2.72 bits per heavy atom. The van der Waals surface area contributed by atoms with E-state index in [2.05, 4.69) is 34.1 Å². The largest absolute Gasteiger partial charge is 0.488 e. The molecule has 0 saturated carbocycles. The molecule has 2 aromatic heterocycles. The van der Waals surface area contributed by atoms with Crippen LogP contribution in [-0.2, 0) is 6.54 Å². The average molecular weight is 385 g/mol. The Morgan fingerprint density at radius 1 is 1.00 bits per heavy atom. The van der Waals surface area contributed by atoms with Crippen LogP contribution in [0, 0.1) is 0 Å². The van der Waals surface area contributed by atoms with Crippen molar-refractivity contribution in [2.75, 3.05) is 18.8 Å². The highest BCUT2D eigenvalue weighted by Crippen LogP contribution is 2.35. The van der Waals surface area contributed by atoms with Gasteiger partial charge in [0.1, 0.15) is 23.4 Å². The van der Waals surface area contributed by atoms with E-state index in [1.165, 1.54) is 0 Å². The van der Waals surface area contributed by atoms with Gasteiger partial charge in [0.15, 0.2) is 0 Å². The van der Waals surface area contributed by atoms with Crippen LogP contribution in [0.5, 0.6) is 5.75 Å². The quantitative estimate of drug-likeness (QED) is 0.538. The van der Waals surface area contributed by atoms with Gasteiger partial charge >= 0.3 is 0 Å². The summed E-state index contributed by atoms with van der Waals surface area (Å²) < 4.78 is 11.9. The summed E-state index contributed by atoms with van der Waals surface area (Å²) in [5.41, 5.74) is 7.83. The van der Waals surface area contributed by atoms with Crippen LogP contribution in [-0.4, -0.2) is 29.1 Å². The second-order valence-corrected chi connectivity index (χ2v) is 7.45. The molecule has 1 fully saturated rings. The Hall–Kier alpha value is -3.31. The van der Waals surface area contributed by atoms with Crippen molar-refractivity contribution in [1.29, 1.82) is 0 Å². The molecule has 1 saturated heterocycles. The van der Waals surface area contributed by atoms with E-state index in [-0.39, 0.29) is 6.10 Å². The molecule has 146 valence electrons. The first kappa shape index (κ1) is 17.8. The van der Waals surface area contributed by atoms with E-state index in [1.54, 1.807) is 12.3 Å². The Morgan fingerprint density at radius 2 is 1.90 bits per heavy atom. The van der Waals surface area contributed by atoms with Gasteiger partial charge in [0.25, 0.3) is 0 Å². The van der Waals surface area contributed by atoms with E-state index >= 15 is 0 Å². The van der Waals surface area contributed by atoms with Crippen LogP contribution in [0.1, 0.15) is 12.2 Å². The summed E-state index contributed by atoms with van der Waals surface area (Å²) in [6.07, 6.45) is 2.90. The molecule has 5 heteroatoms. The van der Waals surface area contributed by atoms with Gasteiger partial charge < -0.3 is 14.9 Å². The molecule has 3 heterocycles. The lowest BCUT2D eigenvalue weighted by Crippen LogP contribution is -2.24. The molecule has 29 heavy (non-hydrogen) atoms. The van der Waals surface area contributed by atoms with Crippen LogP contribution in [0.15, 0.2) is 77.4 Å². The molecule has 1 atom stereocenters. The molecule has 2 N–H and O–H groups in total. The van der Waals surface area contributed by atoms with Gasteiger partial charge in [-0.15, -0.1) is 0 Å². The van der Waals surface area contributed by atoms with Gasteiger partial charge in [0.05, 0.1) is 18.5 Å². The van der Waals surface area contributed by atoms with Crippen molar-refractivity contribution in [2.24, 2.45) is 0 Å². The number of benzene rings is 2. The molecular formula is C24H23N3O2. The fourth-order valence-electron chi connectivity index (χ4n) is 4.04. The summed E-state index contributed by atoms with van der Waals surface area (Å²) in [5, 5.41) is 2.22. The highest BCUT2D eigenvalue weighted by atomic mass is 16.5. The third-order valence-electron chi connectivity index (χ3n) is 5.41. The van der Waals surface area contributed by atoms with Gasteiger partial charge in [0, 0.05) is 24.0 Å². The number of likely N-dealkylation sites (tertiary alicyclic amines) is 1. The van der Waals surface area contributed by atoms with Crippen molar-refractivity contribution in [3.63, 3.8) is 0 Å². The molecule has 2 aromatic carbocycles. The second-order valence-electron chi connectivity index (χ2n) is 7.45. The third kappa shape index (κ3) is 3.69. The summed E-state index contributed by atoms with van der Waals surface area (Å²) in [7, 11) is 0. The monoisotopic (exact) mass is 385 g/mol. The van der Waals surface area contributed by atoms with Crippen molar-refractivity contribution < 1.29 is 9.15 Å². The maximum atomic E-state index is 6.44. The highest BCUT2D eigenvalue weighted by Gasteiger charge is 2.25. The van der Waals surface area contributed by atoms with Gasteiger partial charge in [-0.2, -0.15) is 0 Å². The first-order valence-corrected chi connectivity index (χ1v) is 9.92. The van der Waals surface area contributed by atoms with Crippen LogP contribution < -0.4 is 10.5 Å². The third-order valence-corrected chi connectivity index (χ3v) is 5.41. The van der Waals surface area contributed by atoms with Gasteiger partial charge in [0.2, 0.25) is 0 Å². The molecule has 5 rings (SSSR count). The molecule has 0 bridgehead atoms. The number of furan rings is 1. The van der Waals surface area contributed by atoms with Gasteiger partial charge in [-0.05, 0) is 48.2 Å². The Labute approximate surface area is 169 Å². The normalized spacial score (nSPS) is 17.0. The number of fused-ring (bicyclic) bond motifs is 1. The molecule has 1 aliphatic heterocycles. The SMILES string of the molecule is Nc1cccc(-c2ccc(OC3CCN(Cc4ccco4)C3)c3ccccc23)n1. The number of ether oxygens (including phenoxy) is 1. The van der Waals surface area contributed by atoms with Gasteiger partial charge in [-0.25, -0.2) is 4.98 Å². The number of nitrogens with zero attached hydrogens (tertiary/aromatic N) is 2. The highest BCUT2D eigenvalue weighted by molar-refractivity contribution is 5.99. The second kappa shape index (κ2) is 7.60. The van der Waals surface area contributed by atoms with Crippen LogP contribution in [0.25, 0.3) is 22.0 Å². The fourth-order valence-corrected chi connectivity index (χ4v) is 4.04. The molecule has 0 spiro atoms. The number of aromatic nitrogens is 1. The van der Waals surface area contributed by atoms with Gasteiger partial charge in [-0.1, -0.05) is 30.3 Å². The number of pyridine rings is 1. The molecule has 0 aliphatic carbocycles. The average Bonchev–Trinajstić information content (AvgIpc) is 3.41. The van der Waals surface area contributed by atoms with E-state index in [1.807, 2.05) is 36.4 Å². The van der Waals surface area contributed by atoms with Crippen molar-refractivity contribution in [3.05, 3.63) is 78.8 Å². The number of hydrogen-bond donors (Lipinski definition) is 1. The zero-order valence-corrected chi connectivity index (χ0v) is 16.1. The number of rotatable bonds is 5. The lowest BCUT2D eigenvalue weighted by molar-refractivity contribution is 0.196. The van der Waals surface area contributed by atoms with Crippen LogP contribution >= 0.6 is 0 Å². The Balaban J connectivity index is 1.39. The van der Waals surface area contributed by atoms with Crippen molar-refractivity contribution in [1.82, 2.24) is 9.88 Å². The number of nitrogens with two attached hydrogens (primary N) is 1. The van der Waals surface area contributed by atoms with Crippen molar-refractivity contribution in [3.8, 4) is 17.0 Å². The lowest BCUT2D eigenvalue weighted by Gasteiger charge is -2.18. The van der Waals surface area contributed by atoms with Crippen LogP contribution in [0.4, 0.5) is 5.82 Å². The van der Waals surface area contributed by atoms with E-state index < -0.39 is 0 Å². The number of nitrogen functional groups attached to an aromatic ring is 1. The lowest BCUT2D eigenvalue weighted by atomic mass is 10.0. The minimum atomic E-state index is 0.171. The minimum absolute atomic E-state index is 0.171. The summed E-state index contributed by atoms with van der Waals surface area (Å²) in [4.78, 5) is 6.87. The standard InChI is InChI=1S/C24H23N3O2/c25-24-9-3-8-22(26-24)20-10-11-23(21-7-2-1-6-19(20)21)29-18-12-13-27(16-18)15-17-5-4-14-28-17/h1-11,14,18H,12-13,15-16H2,(H2,25,26). The van der Waals surface area contributed by atoms with E-state index in [0.717, 1.165) is 59.6 Å². The fraction of sp³-hybridized carbons (Fsp3) is 0.208. The summed E-state index contributed by atoms with van der Waals surface area (Å²) in [6.45, 7) is 2.73. The predicted octanol–water partition coefficient (Wildman–Crippen LogP) is 4.73.